The molecular weight excluding hydrogens is 459 g/mol. The fourth-order valence-corrected chi connectivity index (χ4v) is 7.55. The second-order valence-corrected chi connectivity index (χ2v) is 12.1. The number of fused-ring (bicyclic) bond motifs is 3. The van der Waals surface area contributed by atoms with Crippen molar-refractivity contribution < 1.29 is 4.57 Å². The highest BCUT2D eigenvalue weighted by molar-refractivity contribution is 7.70. The molecule has 6 rings (SSSR count). The van der Waals surface area contributed by atoms with Gasteiger partial charge in [0.2, 0.25) is 0 Å². The van der Waals surface area contributed by atoms with Crippen molar-refractivity contribution in [1.29, 1.82) is 0 Å². The van der Waals surface area contributed by atoms with E-state index < -0.39 is 7.14 Å². The Hall–Kier alpha value is -4.07. The van der Waals surface area contributed by atoms with Crippen LogP contribution in [0.2, 0.25) is 0 Å². The lowest BCUT2D eigenvalue weighted by atomic mass is 10.1. The maximum absolute atomic E-state index is 14.5. The molecular formula is C32H25N2OP. The average Bonchev–Trinajstić information content (AvgIpc) is 2.94. The predicted octanol–water partition coefficient (Wildman–Crippen LogP) is 7.84. The quantitative estimate of drug-likeness (QED) is 0.179. The first kappa shape index (κ1) is 22.4. The zero-order valence-corrected chi connectivity index (χ0v) is 20.7. The van der Waals surface area contributed by atoms with Crippen LogP contribution in [0.15, 0.2) is 128 Å². The lowest BCUT2D eigenvalue weighted by Gasteiger charge is -2.20. The zero-order valence-electron chi connectivity index (χ0n) is 19.8. The molecule has 4 aromatic carbocycles. The van der Waals surface area contributed by atoms with E-state index in [9.17, 15) is 4.57 Å². The molecule has 3 nitrogen and oxygen atoms in total. The number of aromatic nitrogens is 2. The van der Waals surface area contributed by atoms with Crippen molar-refractivity contribution in [2.45, 2.75) is 12.3 Å². The van der Waals surface area contributed by atoms with Crippen LogP contribution in [-0.2, 0) is 16.9 Å². The van der Waals surface area contributed by atoms with Gasteiger partial charge in [-0.05, 0) is 23.3 Å². The van der Waals surface area contributed by atoms with Crippen LogP contribution in [0.3, 0.4) is 0 Å². The van der Waals surface area contributed by atoms with Gasteiger partial charge in [0.05, 0.1) is 16.7 Å². The van der Waals surface area contributed by atoms with E-state index in [1.54, 1.807) is 0 Å². The van der Waals surface area contributed by atoms with Gasteiger partial charge in [-0.3, -0.25) is 4.98 Å². The molecule has 2 heterocycles. The molecule has 2 aromatic heterocycles. The molecule has 0 aliphatic heterocycles. The van der Waals surface area contributed by atoms with Crippen LogP contribution in [0.25, 0.3) is 33.1 Å². The normalized spacial score (nSPS) is 11.7. The van der Waals surface area contributed by atoms with Crippen LogP contribution >= 0.6 is 7.14 Å². The molecule has 0 atom stereocenters. The highest BCUT2D eigenvalue weighted by Crippen LogP contribution is 2.51. The largest absolute Gasteiger partial charge is 0.318 e. The van der Waals surface area contributed by atoms with Gasteiger partial charge in [-0.1, -0.05) is 109 Å². The molecule has 174 valence electrons. The molecule has 0 aliphatic rings. The Morgan fingerprint density at radius 1 is 0.556 bits per heavy atom. The molecule has 0 aliphatic carbocycles. The Balaban J connectivity index is 1.38. The Morgan fingerprint density at radius 2 is 1.14 bits per heavy atom. The molecule has 4 heteroatoms. The van der Waals surface area contributed by atoms with Gasteiger partial charge in [-0.2, -0.15) is 0 Å². The van der Waals surface area contributed by atoms with E-state index in [1.807, 2.05) is 79.0 Å². The van der Waals surface area contributed by atoms with Crippen molar-refractivity contribution in [3.05, 3.63) is 139 Å². The van der Waals surface area contributed by atoms with Crippen molar-refractivity contribution in [3.8, 4) is 11.3 Å². The van der Waals surface area contributed by atoms with E-state index >= 15 is 0 Å². The number of hydrogen-bond acceptors (Lipinski definition) is 3. The third-order valence-electron chi connectivity index (χ3n) is 6.63. The summed E-state index contributed by atoms with van der Waals surface area (Å²) in [7, 11) is -2.73. The SMILES string of the molecule is O=P(Cc1ccccc1)(Cc1ccccc1)c1ccc(-c2ccc3ccc4cccnc4c3n2)cc1. The van der Waals surface area contributed by atoms with E-state index in [0.29, 0.717) is 12.3 Å². The molecule has 0 spiro atoms. The highest BCUT2D eigenvalue weighted by Gasteiger charge is 2.26. The van der Waals surface area contributed by atoms with E-state index in [1.165, 1.54) is 0 Å². The van der Waals surface area contributed by atoms with Crippen LogP contribution in [0.4, 0.5) is 0 Å². The minimum atomic E-state index is -2.73. The minimum Gasteiger partial charge on any atom is -0.318 e. The fraction of sp³-hybridized carbons (Fsp3) is 0.0625. The Bertz CT molecular complexity index is 1650. The molecule has 0 N–H and O–H groups in total. The van der Waals surface area contributed by atoms with Crippen molar-refractivity contribution in [2.75, 3.05) is 0 Å². The average molecular weight is 485 g/mol. The standard InChI is InChI=1S/C32H25N2OP/c35-36(22-24-8-3-1-4-9-24,23-25-10-5-2-6-11-25)29-18-15-26(16-19-29)30-20-17-28-14-13-27-12-7-21-33-31(27)32(28)34-30/h1-21H,22-23H2. The lowest BCUT2D eigenvalue weighted by molar-refractivity contribution is 0.580. The van der Waals surface area contributed by atoms with E-state index in [0.717, 1.165) is 49.5 Å². The van der Waals surface area contributed by atoms with Crippen molar-refractivity contribution >= 4 is 34.3 Å². The summed E-state index contributed by atoms with van der Waals surface area (Å²) in [5, 5.41) is 3.04. The molecule has 0 saturated heterocycles. The third kappa shape index (κ3) is 4.46. The number of rotatable bonds is 6. The van der Waals surface area contributed by atoms with Crippen LogP contribution in [0.1, 0.15) is 11.1 Å². The maximum atomic E-state index is 14.5. The maximum Gasteiger partial charge on any atom is 0.124 e. The molecule has 0 amide bonds. The monoisotopic (exact) mass is 484 g/mol. The first-order valence-corrected chi connectivity index (χ1v) is 14.2. The van der Waals surface area contributed by atoms with Crippen molar-refractivity contribution in [1.82, 2.24) is 9.97 Å². The van der Waals surface area contributed by atoms with E-state index in [-0.39, 0.29) is 0 Å². The van der Waals surface area contributed by atoms with Crippen LogP contribution in [0, 0.1) is 0 Å². The predicted molar refractivity (Wildman–Crippen MR) is 150 cm³/mol. The van der Waals surface area contributed by atoms with E-state index in [4.69, 9.17) is 4.98 Å². The first-order valence-electron chi connectivity index (χ1n) is 12.1. The second kappa shape index (κ2) is 9.53. The summed E-state index contributed by atoms with van der Waals surface area (Å²) in [6, 6.07) is 40.7. The van der Waals surface area contributed by atoms with Crippen molar-refractivity contribution in [3.63, 3.8) is 0 Å². The summed E-state index contributed by atoms with van der Waals surface area (Å²) >= 11 is 0. The number of pyridine rings is 2. The van der Waals surface area contributed by atoms with Gasteiger partial charge in [0.1, 0.15) is 7.14 Å². The summed E-state index contributed by atoms with van der Waals surface area (Å²) in [6.07, 6.45) is 2.88. The van der Waals surface area contributed by atoms with E-state index in [2.05, 4.69) is 53.5 Å². The fourth-order valence-electron chi connectivity index (χ4n) is 4.78. The highest BCUT2D eigenvalue weighted by atomic mass is 31.2. The van der Waals surface area contributed by atoms with Gasteiger partial charge >= 0.3 is 0 Å². The number of benzene rings is 4. The van der Waals surface area contributed by atoms with Gasteiger partial charge in [0.25, 0.3) is 0 Å². The molecule has 0 bridgehead atoms. The topological polar surface area (TPSA) is 42.9 Å². The molecule has 0 saturated carbocycles. The minimum absolute atomic E-state index is 0.536. The summed E-state index contributed by atoms with van der Waals surface area (Å²) in [6.45, 7) is 0. The Labute approximate surface area is 210 Å². The molecule has 0 unspecified atom stereocenters. The summed E-state index contributed by atoms with van der Waals surface area (Å²) in [5.41, 5.74) is 5.87. The van der Waals surface area contributed by atoms with Gasteiger partial charge in [-0.25, -0.2) is 4.98 Å². The zero-order chi connectivity index (χ0) is 24.4. The van der Waals surface area contributed by atoms with Crippen LogP contribution in [0.5, 0.6) is 0 Å². The van der Waals surface area contributed by atoms with Gasteiger partial charge in [0, 0.05) is 40.2 Å². The van der Waals surface area contributed by atoms with Gasteiger partial charge in [-0.15, -0.1) is 0 Å². The van der Waals surface area contributed by atoms with Gasteiger partial charge in [0.15, 0.2) is 0 Å². The third-order valence-corrected chi connectivity index (χ3v) is 9.62. The molecule has 6 aromatic rings. The van der Waals surface area contributed by atoms with Gasteiger partial charge < -0.3 is 4.57 Å². The van der Waals surface area contributed by atoms with Crippen LogP contribution < -0.4 is 5.30 Å². The first-order chi connectivity index (χ1) is 17.7. The molecule has 36 heavy (non-hydrogen) atoms. The summed E-state index contributed by atoms with van der Waals surface area (Å²) in [4.78, 5) is 9.54. The summed E-state index contributed by atoms with van der Waals surface area (Å²) in [5.74, 6) is 0. The lowest BCUT2D eigenvalue weighted by Crippen LogP contribution is -2.09. The summed E-state index contributed by atoms with van der Waals surface area (Å²) < 4.78 is 14.5. The smallest absolute Gasteiger partial charge is 0.124 e. The Morgan fingerprint density at radius 3 is 1.78 bits per heavy atom. The van der Waals surface area contributed by atoms with Crippen LogP contribution in [-0.4, -0.2) is 9.97 Å². The number of hydrogen-bond donors (Lipinski definition) is 0. The second-order valence-electron chi connectivity index (χ2n) is 9.13. The molecule has 0 radical (unpaired) electrons. The van der Waals surface area contributed by atoms with Crippen molar-refractivity contribution in [2.24, 2.45) is 0 Å². The molecule has 0 fully saturated rings. The Kier molecular flexibility index (Phi) is 5.93. The number of nitrogens with zero attached hydrogens (tertiary/aromatic N) is 2.